The van der Waals surface area contributed by atoms with Crippen molar-refractivity contribution in [2.75, 3.05) is 11.9 Å². The van der Waals surface area contributed by atoms with Crippen LogP contribution in [0.4, 0.5) is 5.82 Å². The van der Waals surface area contributed by atoms with E-state index < -0.39 is 0 Å². The van der Waals surface area contributed by atoms with Crippen molar-refractivity contribution in [2.45, 2.75) is 32.8 Å². The van der Waals surface area contributed by atoms with E-state index in [1.807, 2.05) is 26.0 Å². The first-order chi connectivity index (χ1) is 7.09. The van der Waals surface area contributed by atoms with Gasteiger partial charge >= 0.3 is 0 Å². The van der Waals surface area contributed by atoms with Gasteiger partial charge in [-0.3, -0.25) is 0 Å². The summed E-state index contributed by atoms with van der Waals surface area (Å²) in [4.78, 5) is 4.37. The maximum atomic E-state index is 9.08. The van der Waals surface area contributed by atoms with Crippen LogP contribution < -0.4 is 5.32 Å². The van der Waals surface area contributed by atoms with Gasteiger partial charge in [-0.05, 0) is 54.8 Å². The summed E-state index contributed by atoms with van der Waals surface area (Å²) in [5.41, 5.74) is 0.982. The average molecular weight is 273 g/mol. The van der Waals surface area contributed by atoms with Crippen molar-refractivity contribution in [3.8, 4) is 0 Å². The molecule has 0 aliphatic heterocycles. The first-order valence-electron chi connectivity index (χ1n) is 5.14. The third-order valence-corrected chi connectivity index (χ3v) is 2.96. The number of rotatable bonds is 5. The Morgan fingerprint density at radius 1 is 1.53 bits per heavy atom. The van der Waals surface area contributed by atoms with Crippen LogP contribution in [0.1, 0.15) is 25.5 Å². The molecule has 0 aromatic carbocycles. The van der Waals surface area contributed by atoms with Crippen LogP contribution in [0.25, 0.3) is 0 Å². The number of aromatic nitrogens is 1. The quantitative estimate of drug-likeness (QED) is 0.811. The molecular formula is C11H17BrN2O. The molecule has 1 rings (SSSR count). The number of hydrogen-bond acceptors (Lipinski definition) is 3. The van der Waals surface area contributed by atoms with E-state index in [4.69, 9.17) is 5.11 Å². The van der Waals surface area contributed by atoms with Gasteiger partial charge in [-0.2, -0.15) is 0 Å². The van der Waals surface area contributed by atoms with Gasteiger partial charge in [0.05, 0.1) is 11.8 Å². The van der Waals surface area contributed by atoms with Gasteiger partial charge in [-0.1, -0.05) is 0 Å². The van der Waals surface area contributed by atoms with Gasteiger partial charge in [-0.25, -0.2) is 4.98 Å². The highest BCUT2D eigenvalue weighted by Crippen LogP contribution is 2.16. The Morgan fingerprint density at radius 3 is 2.87 bits per heavy atom. The number of aliphatic hydroxyl groups is 1. The van der Waals surface area contributed by atoms with Crippen LogP contribution in [-0.2, 0) is 0 Å². The van der Waals surface area contributed by atoms with Gasteiger partial charge in [0.25, 0.3) is 0 Å². The predicted molar refractivity (Wildman–Crippen MR) is 66.1 cm³/mol. The zero-order valence-corrected chi connectivity index (χ0v) is 10.7. The largest absolute Gasteiger partial charge is 0.393 e. The summed E-state index contributed by atoms with van der Waals surface area (Å²) in [5, 5.41) is 12.3. The van der Waals surface area contributed by atoms with Crippen molar-refractivity contribution < 1.29 is 5.11 Å². The third kappa shape index (κ3) is 4.62. The Bertz CT molecular complexity index is 315. The Morgan fingerprint density at radius 2 is 2.27 bits per heavy atom. The number of nitrogens with one attached hydrogen (secondary N) is 1. The van der Waals surface area contributed by atoms with Crippen LogP contribution in [0, 0.1) is 6.92 Å². The standard InChI is InChI=1S/C11H17BrN2O/c1-8(15)4-3-7-13-11-6-5-10(12)9(2)14-11/h5-6,8,15H,3-4,7H2,1-2H3,(H,13,14). The molecule has 1 aromatic rings. The maximum absolute atomic E-state index is 9.08. The number of anilines is 1. The highest BCUT2D eigenvalue weighted by molar-refractivity contribution is 9.10. The Hall–Kier alpha value is -0.610. The number of aliphatic hydroxyl groups excluding tert-OH is 1. The van der Waals surface area contributed by atoms with E-state index in [2.05, 4.69) is 26.2 Å². The minimum absolute atomic E-state index is 0.216. The van der Waals surface area contributed by atoms with E-state index in [0.717, 1.165) is 35.4 Å². The molecule has 1 atom stereocenters. The number of aryl methyl sites for hydroxylation is 1. The maximum Gasteiger partial charge on any atom is 0.126 e. The lowest BCUT2D eigenvalue weighted by atomic mass is 10.2. The van der Waals surface area contributed by atoms with Crippen molar-refractivity contribution in [1.29, 1.82) is 0 Å². The van der Waals surface area contributed by atoms with Crippen LogP contribution in [0.15, 0.2) is 16.6 Å². The van der Waals surface area contributed by atoms with Gasteiger partial charge in [0.15, 0.2) is 0 Å². The lowest BCUT2D eigenvalue weighted by Gasteiger charge is -2.07. The first kappa shape index (κ1) is 12.5. The lowest BCUT2D eigenvalue weighted by molar-refractivity contribution is 0.183. The summed E-state index contributed by atoms with van der Waals surface area (Å²) in [6.45, 7) is 4.62. The van der Waals surface area contributed by atoms with Gasteiger partial charge in [0, 0.05) is 11.0 Å². The van der Waals surface area contributed by atoms with E-state index in [1.54, 1.807) is 0 Å². The number of nitrogens with zero attached hydrogens (tertiary/aromatic N) is 1. The number of pyridine rings is 1. The fourth-order valence-corrected chi connectivity index (χ4v) is 1.48. The molecule has 0 radical (unpaired) electrons. The first-order valence-corrected chi connectivity index (χ1v) is 5.94. The zero-order chi connectivity index (χ0) is 11.3. The van der Waals surface area contributed by atoms with Crippen molar-refractivity contribution in [3.05, 3.63) is 22.3 Å². The lowest BCUT2D eigenvalue weighted by Crippen LogP contribution is -2.07. The van der Waals surface area contributed by atoms with Crippen LogP contribution >= 0.6 is 15.9 Å². The summed E-state index contributed by atoms with van der Waals surface area (Å²) in [7, 11) is 0. The SMILES string of the molecule is Cc1nc(NCCCC(C)O)ccc1Br. The fourth-order valence-electron chi connectivity index (χ4n) is 1.26. The van der Waals surface area contributed by atoms with Gasteiger partial charge in [-0.15, -0.1) is 0 Å². The van der Waals surface area contributed by atoms with E-state index >= 15 is 0 Å². The molecule has 1 unspecified atom stereocenters. The molecule has 0 aliphatic rings. The molecular weight excluding hydrogens is 256 g/mol. The predicted octanol–water partition coefficient (Wildman–Crippen LogP) is 2.73. The average Bonchev–Trinajstić information content (AvgIpc) is 2.18. The molecule has 84 valence electrons. The molecule has 0 fully saturated rings. The summed E-state index contributed by atoms with van der Waals surface area (Å²) < 4.78 is 1.03. The summed E-state index contributed by atoms with van der Waals surface area (Å²) in [6.07, 6.45) is 1.56. The van der Waals surface area contributed by atoms with Gasteiger partial charge in [0.1, 0.15) is 5.82 Å². The van der Waals surface area contributed by atoms with E-state index in [1.165, 1.54) is 0 Å². The smallest absolute Gasteiger partial charge is 0.126 e. The van der Waals surface area contributed by atoms with Crippen molar-refractivity contribution in [1.82, 2.24) is 4.98 Å². The summed E-state index contributed by atoms with van der Waals surface area (Å²) in [6, 6.07) is 3.93. The highest BCUT2D eigenvalue weighted by atomic mass is 79.9. The van der Waals surface area contributed by atoms with Crippen LogP contribution in [0.3, 0.4) is 0 Å². The number of hydrogen-bond donors (Lipinski definition) is 2. The minimum Gasteiger partial charge on any atom is -0.393 e. The number of halogens is 1. The Kier molecular flexibility index (Phi) is 5.05. The third-order valence-electron chi connectivity index (χ3n) is 2.13. The van der Waals surface area contributed by atoms with Crippen LogP contribution in [-0.4, -0.2) is 22.7 Å². The van der Waals surface area contributed by atoms with Gasteiger partial charge in [0.2, 0.25) is 0 Å². The van der Waals surface area contributed by atoms with Crippen LogP contribution in [0.5, 0.6) is 0 Å². The Balaban J connectivity index is 2.35. The molecule has 1 aromatic heterocycles. The molecule has 1 heterocycles. The second-order valence-electron chi connectivity index (χ2n) is 3.68. The van der Waals surface area contributed by atoms with E-state index in [9.17, 15) is 0 Å². The van der Waals surface area contributed by atoms with Crippen molar-refractivity contribution in [3.63, 3.8) is 0 Å². The topological polar surface area (TPSA) is 45.2 Å². The van der Waals surface area contributed by atoms with Crippen LogP contribution in [0.2, 0.25) is 0 Å². The molecule has 0 spiro atoms. The summed E-state index contributed by atoms with van der Waals surface area (Å²) >= 11 is 3.41. The van der Waals surface area contributed by atoms with Crippen molar-refractivity contribution in [2.24, 2.45) is 0 Å². The Labute approximate surface area is 99.1 Å². The second-order valence-corrected chi connectivity index (χ2v) is 4.54. The monoisotopic (exact) mass is 272 g/mol. The summed E-state index contributed by atoms with van der Waals surface area (Å²) in [5.74, 6) is 0.890. The highest BCUT2D eigenvalue weighted by Gasteiger charge is 1.99. The van der Waals surface area contributed by atoms with E-state index in [0.29, 0.717) is 0 Å². The van der Waals surface area contributed by atoms with Crippen molar-refractivity contribution >= 4 is 21.7 Å². The minimum atomic E-state index is -0.216. The molecule has 15 heavy (non-hydrogen) atoms. The molecule has 3 nitrogen and oxygen atoms in total. The molecule has 0 amide bonds. The molecule has 0 aliphatic carbocycles. The molecule has 4 heteroatoms. The normalized spacial score (nSPS) is 12.5. The fraction of sp³-hybridized carbons (Fsp3) is 0.545. The molecule has 0 bridgehead atoms. The molecule has 2 N–H and O–H groups in total. The molecule has 0 saturated heterocycles. The van der Waals surface area contributed by atoms with Gasteiger partial charge < -0.3 is 10.4 Å². The zero-order valence-electron chi connectivity index (χ0n) is 9.13. The second kappa shape index (κ2) is 6.08. The molecule has 0 saturated carbocycles. The van der Waals surface area contributed by atoms with E-state index in [-0.39, 0.29) is 6.10 Å².